The molecule has 1 aliphatic heterocycles. The average Bonchev–Trinajstić information content (AvgIpc) is 3.32. The number of amides is 4. The number of fused-ring (bicyclic) bond motifs is 1. The summed E-state index contributed by atoms with van der Waals surface area (Å²) in [5.41, 5.74) is 3.94. The summed E-state index contributed by atoms with van der Waals surface area (Å²) in [6.45, 7) is 2.52. The number of rotatable bonds is 4. The molecule has 3 N–H and O–H groups in total. The van der Waals surface area contributed by atoms with Crippen molar-refractivity contribution in [2.75, 3.05) is 5.32 Å². The molecule has 1 aliphatic rings. The van der Waals surface area contributed by atoms with Gasteiger partial charge in [-0.2, -0.15) is 5.10 Å². The third-order valence-electron chi connectivity index (χ3n) is 4.94. The number of carbonyl (C=O) groups excluding carboxylic acids is 3. The summed E-state index contributed by atoms with van der Waals surface area (Å²) in [7, 11) is 0. The van der Waals surface area contributed by atoms with Gasteiger partial charge in [-0.05, 0) is 24.6 Å². The topological polar surface area (TPSA) is 107 Å². The van der Waals surface area contributed by atoms with E-state index in [4.69, 9.17) is 0 Å². The molecule has 2 aromatic carbocycles. The minimum atomic E-state index is -0.495. The van der Waals surface area contributed by atoms with Crippen molar-refractivity contribution in [2.45, 2.75) is 26.4 Å². The van der Waals surface area contributed by atoms with E-state index >= 15 is 0 Å². The zero-order valence-corrected chi connectivity index (χ0v) is 16.4. The van der Waals surface area contributed by atoms with Crippen molar-refractivity contribution in [3.8, 4) is 0 Å². The van der Waals surface area contributed by atoms with Gasteiger partial charge in [-0.1, -0.05) is 48.0 Å². The molecule has 2 heterocycles. The molecule has 4 rings (SSSR count). The molecular weight excluding hydrogens is 382 g/mol. The number of hydrogen-bond acceptors (Lipinski definition) is 4. The quantitative estimate of drug-likeness (QED) is 0.623. The zero-order valence-electron chi connectivity index (χ0n) is 16.4. The first kappa shape index (κ1) is 19.4. The van der Waals surface area contributed by atoms with Crippen LogP contribution in [-0.2, 0) is 24.3 Å². The third-order valence-corrected chi connectivity index (χ3v) is 4.94. The highest BCUT2D eigenvalue weighted by Crippen LogP contribution is 2.27. The fraction of sp³-hybridized carbons (Fsp3) is 0.182. The van der Waals surface area contributed by atoms with Crippen LogP contribution in [0.25, 0.3) is 0 Å². The molecular formula is C22H21N5O3. The fourth-order valence-electron chi connectivity index (χ4n) is 3.29. The minimum absolute atomic E-state index is 0.185. The second-order valence-corrected chi connectivity index (χ2v) is 7.22. The Morgan fingerprint density at radius 2 is 1.77 bits per heavy atom. The Labute approximate surface area is 173 Å². The van der Waals surface area contributed by atoms with Crippen LogP contribution in [0.2, 0.25) is 0 Å². The van der Waals surface area contributed by atoms with Gasteiger partial charge in [0.2, 0.25) is 5.91 Å². The molecule has 1 aromatic heterocycles. The largest absolute Gasteiger partial charge is 0.324 e. The van der Waals surface area contributed by atoms with Crippen LogP contribution in [-0.4, -0.2) is 32.9 Å². The Hall–Kier alpha value is -3.94. The number of benzene rings is 2. The normalized spacial score (nSPS) is 12.4. The first-order valence-electron chi connectivity index (χ1n) is 9.56. The number of nitrogens with zero attached hydrogens (tertiary/aromatic N) is 2. The van der Waals surface area contributed by atoms with E-state index in [0.717, 1.165) is 22.4 Å². The molecule has 8 nitrogen and oxygen atoms in total. The lowest BCUT2D eigenvalue weighted by atomic mass is 10.1. The first-order valence-corrected chi connectivity index (χ1v) is 9.56. The molecule has 0 fully saturated rings. The van der Waals surface area contributed by atoms with Gasteiger partial charge in [0.05, 0.1) is 25.2 Å². The van der Waals surface area contributed by atoms with E-state index in [-0.39, 0.29) is 25.4 Å². The van der Waals surface area contributed by atoms with Gasteiger partial charge in [0, 0.05) is 11.1 Å². The highest BCUT2D eigenvalue weighted by atomic mass is 16.2. The molecule has 152 valence electrons. The zero-order chi connectivity index (χ0) is 21.1. The van der Waals surface area contributed by atoms with E-state index < -0.39 is 11.9 Å². The number of aromatic nitrogens is 2. The molecule has 8 heteroatoms. The van der Waals surface area contributed by atoms with Gasteiger partial charge in [0.25, 0.3) is 5.91 Å². The Morgan fingerprint density at radius 3 is 2.50 bits per heavy atom. The number of aromatic amines is 1. The van der Waals surface area contributed by atoms with Gasteiger partial charge in [-0.15, -0.1) is 0 Å². The predicted octanol–water partition coefficient (Wildman–Crippen LogP) is 2.76. The van der Waals surface area contributed by atoms with Crippen molar-refractivity contribution in [3.05, 3.63) is 82.5 Å². The summed E-state index contributed by atoms with van der Waals surface area (Å²) in [5.74, 6) is -0.233. The molecule has 0 saturated heterocycles. The van der Waals surface area contributed by atoms with Gasteiger partial charge in [-0.25, -0.2) is 4.79 Å². The molecule has 30 heavy (non-hydrogen) atoms. The SMILES string of the molecule is Cc1ccc(CC(=O)Nc2n[nH]c3c2CN(C(=O)NC(=O)c2ccccc2)C3)cc1. The van der Waals surface area contributed by atoms with Crippen molar-refractivity contribution in [3.63, 3.8) is 0 Å². The molecule has 0 atom stereocenters. The summed E-state index contributed by atoms with van der Waals surface area (Å²) >= 11 is 0. The lowest BCUT2D eigenvalue weighted by Gasteiger charge is -2.16. The van der Waals surface area contributed by atoms with E-state index in [1.165, 1.54) is 4.90 Å². The van der Waals surface area contributed by atoms with Gasteiger partial charge >= 0.3 is 6.03 Å². The molecule has 0 bridgehead atoms. The number of aryl methyl sites for hydroxylation is 1. The highest BCUT2D eigenvalue weighted by molar-refractivity contribution is 6.04. The van der Waals surface area contributed by atoms with Crippen molar-refractivity contribution < 1.29 is 14.4 Å². The summed E-state index contributed by atoms with van der Waals surface area (Å²) in [6.07, 6.45) is 0.234. The number of nitrogens with one attached hydrogen (secondary N) is 3. The maximum absolute atomic E-state index is 12.5. The Bertz CT molecular complexity index is 1090. The second-order valence-electron chi connectivity index (χ2n) is 7.22. The number of imide groups is 1. The Balaban J connectivity index is 1.36. The monoisotopic (exact) mass is 403 g/mol. The summed E-state index contributed by atoms with van der Waals surface area (Å²) < 4.78 is 0. The van der Waals surface area contributed by atoms with Crippen molar-refractivity contribution in [1.82, 2.24) is 20.4 Å². The minimum Gasteiger partial charge on any atom is -0.314 e. The molecule has 0 aliphatic carbocycles. The van der Waals surface area contributed by atoms with Crippen LogP contribution in [0.1, 0.15) is 32.7 Å². The van der Waals surface area contributed by atoms with Gasteiger partial charge in [0.15, 0.2) is 5.82 Å². The van der Waals surface area contributed by atoms with Crippen LogP contribution in [0.15, 0.2) is 54.6 Å². The molecule has 3 aromatic rings. The van der Waals surface area contributed by atoms with E-state index in [2.05, 4.69) is 20.8 Å². The number of H-pyrrole nitrogens is 1. The van der Waals surface area contributed by atoms with Crippen LogP contribution in [0.4, 0.5) is 10.6 Å². The molecule has 0 unspecified atom stereocenters. The fourth-order valence-corrected chi connectivity index (χ4v) is 3.29. The Kier molecular flexibility index (Phi) is 5.30. The molecule has 4 amide bonds. The standard InChI is InChI=1S/C22H21N5O3/c1-14-7-9-15(10-8-14)11-19(28)23-20-17-12-27(13-18(17)25-26-20)22(30)24-21(29)16-5-3-2-4-6-16/h2-10H,11-13H2,1H3,(H,24,29,30)(H2,23,25,26,28). The van der Waals surface area contributed by atoms with E-state index in [1.807, 2.05) is 31.2 Å². The van der Waals surface area contributed by atoms with E-state index in [1.54, 1.807) is 30.3 Å². The lowest BCUT2D eigenvalue weighted by molar-refractivity contribution is -0.115. The maximum Gasteiger partial charge on any atom is 0.324 e. The van der Waals surface area contributed by atoms with E-state index in [9.17, 15) is 14.4 Å². The molecule has 0 radical (unpaired) electrons. The number of anilines is 1. The van der Waals surface area contributed by atoms with Crippen molar-refractivity contribution >= 4 is 23.7 Å². The summed E-state index contributed by atoms with van der Waals surface area (Å²) in [6, 6.07) is 15.8. The smallest absolute Gasteiger partial charge is 0.314 e. The number of urea groups is 1. The summed E-state index contributed by atoms with van der Waals surface area (Å²) in [4.78, 5) is 38.5. The van der Waals surface area contributed by atoms with Crippen molar-refractivity contribution in [1.29, 1.82) is 0 Å². The van der Waals surface area contributed by atoms with Crippen molar-refractivity contribution in [2.24, 2.45) is 0 Å². The van der Waals surface area contributed by atoms with Gasteiger partial charge < -0.3 is 10.2 Å². The lowest BCUT2D eigenvalue weighted by Crippen LogP contribution is -2.40. The Morgan fingerprint density at radius 1 is 1.03 bits per heavy atom. The molecule has 0 spiro atoms. The molecule has 0 saturated carbocycles. The van der Waals surface area contributed by atoms with Crippen LogP contribution in [0.5, 0.6) is 0 Å². The van der Waals surface area contributed by atoms with Crippen LogP contribution in [0.3, 0.4) is 0 Å². The third kappa shape index (κ3) is 4.22. The van der Waals surface area contributed by atoms with Gasteiger partial charge in [-0.3, -0.25) is 20.0 Å². The maximum atomic E-state index is 12.5. The van der Waals surface area contributed by atoms with Crippen LogP contribution >= 0.6 is 0 Å². The predicted molar refractivity (Wildman–Crippen MR) is 111 cm³/mol. The van der Waals surface area contributed by atoms with Crippen LogP contribution < -0.4 is 10.6 Å². The van der Waals surface area contributed by atoms with Crippen LogP contribution in [0, 0.1) is 6.92 Å². The van der Waals surface area contributed by atoms with E-state index in [0.29, 0.717) is 11.4 Å². The number of hydrogen-bond donors (Lipinski definition) is 3. The summed E-state index contributed by atoms with van der Waals surface area (Å²) in [5, 5.41) is 12.2. The highest BCUT2D eigenvalue weighted by Gasteiger charge is 2.29. The second kappa shape index (κ2) is 8.20. The average molecular weight is 403 g/mol. The van der Waals surface area contributed by atoms with Gasteiger partial charge in [0.1, 0.15) is 0 Å². The first-order chi connectivity index (χ1) is 14.5. The number of carbonyl (C=O) groups is 3.